The molecule has 0 aliphatic rings. The zero-order valence-electron chi connectivity index (χ0n) is 9.57. The van der Waals surface area contributed by atoms with Gasteiger partial charge >= 0.3 is 0 Å². The van der Waals surface area contributed by atoms with Crippen molar-refractivity contribution in [1.29, 1.82) is 0 Å². The normalized spacial score (nSPS) is 10.3. The van der Waals surface area contributed by atoms with E-state index < -0.39 is 0 Å². The molecule has 0 aliphatic carbocycles. The Morgan fingerprint density at radius 2 is 2.06 bits per heavy atom. The number of methoxy groups -OCH3 is 1. The lowest BCUT2D eigenvalue weighted by Crippen LogP contribution is -2.00. The van der Waals surface area contributed by atoms with Gasteiger partial charge in [-0.1, -0.05) is 11.6 Å². The molecule has 88 valence electrons. The quantitative estimate of drug-likeness (QED) is 0.889. The largest absolute Gasteiger partial charge is 0.496 e. The average Bonchev–Trinajstić information content (AvgIpc) is 2.29. The summed E-state index contributed by atoms with van der Waals surface area (Å²) >= 11 is 5.99. The number of hydrogen-bond donors (Lipinski definition) is 1. The van der Waals surface area contributed by atoms with Gasteiger partial charge in [0.05, 0.1) is 12.8 Å². The Bertz CT molecular complexity index is 537. The van der Waals surface area contributed by atoms with Gasteiger partial charge in [-0.15, -0.1) is 0 Å². The minimum Gasteiger partial charge on any atom is -0.496 e. The molecule has 17 heavy (non-hydrogen) atoms. The number of ether oxygens (including phenoxy) is 1. The summed E-state index contributed by atoms with van der Waals surface area (Å²) < 4.78 is 5.29. The molecule has 0 spiro atoms. The van der Waals surface area contributed by atoms with Crippen LogP contribution in [0.15, 0.2) is 24.5 Å². The molecule has 1 heterocycles. The first-order valence-electron chi connectivity index (χ1n) is 5.04. The van der Waals surface area contributed by atoms with E-state index in [0.717, 1.165) is 16.8 Å². The molecule has 5 heteroatoms. The summed E-state index contributed by atoms with van der Waals surface area (Å²) in [6, 6.07) is 5.35. The fourth-order valence-corrected chi connectivity index (χ4v) is 1.87. The van der Waals surface area contributed by atoms with Crippen LogP contribution in [0.5, 0.6) is 5.75 Å². The lowest BCUT2D eigenvalue weighted by atomic mass is 10.0. The number of nitrogen functional groups attached to an aromatic ring is 1. The smallest absolute Gasteiger partial charge is 0.135 e. The van der Waals surface area contributed by atoms with Crippen LogP contribution in [0, 0.1) is 6.92 Å². The van der Waals surface area contributed by atoms with E-state index >= 15 is 0 Å². The lowest BCUT2D eigenvalue weighted by Gasteiger charge is -2.12. The number of hydrogen-bond acceptors (Lipinski definition) is 4. The monoisotopic (exact) mass is 249 g/mol. The molecule has 1 aromatic carbocycles. The highest BCUT2D eigenvalue weighted by Crippen LogP contribution is 2.36. The van der Waals surface area contributed by atoms with Crippen molar-refractivity contribution in [2.45, 2.75) is 6.92 Å². The van der Waals surface area contributed by atoms with Gasteiger partial charge in [0, 0.05) is 16.1 Å². The Kier molecular flexibility index (Phi) is 3.15. The fraction of sp³-hybridized carbons (Fsp3) is 0.167. The Morgan fingerprint density at radius 1 is 1.29 bits per heavy atom. The highest BCUT2D eigenvalue weighted by molar-refractivity contribution is 6.31. The number of aryl methyl sites for hydroxylation is 1. The van der Waals surface area contributed by atoms with Gasteiger partial charge in [0.2, 0.25) is 0 Å². The first kappa shape index (κ1) is 11.7. The van der Waals surface area contributed by atoms with Gasteiger partial charge in [0.15, 0.2) is 0 Å². The van der Waals surface area contributed by atoms with Crippen molar-refractivity contribution in [1.82, 2.24) is 9.97 Å². The number of nitrogens with zero attached hydrogens (tertiary/aromatic N) is 2. The van der Waals surface area contributed by atoms with E-state index in [1.807, 2.05) is 6.92 Å². The predicted octanol–water partition coefficient (Wildman–Crippen LogP) is 2.70. The van der Waals surface area contributed by atoms with E-state index in [0.29, 0.717) is 16.6 Å². The number of benzene rings is 1. The maximum absolute atomic E-state index is 5.99. The van der Waals surface area contributed by atoms with Crippen molar-refractivity contribution in [2.75, 3.05) is 12.8 Å². The molecule has 0 unspecified atom stereocenters. The first-order valence-corrected chi connectivity index (χ1v) is 5.42. The summed E-state index contributed by atoms with van der Waals surface area (Å²) in [5, 5.41) is 0.614. The second-order valence-corrected chi connectivity index (χ2v) is 4.00. The molecule has 0 saturated heterocycles. The summed E-state index contributed by atoms with van der Waals surface area (Å²) in [5.74, 6) is 1.11. The molecule has 2 rings (SSSR count). The topological polar surface area (TPSA) is 61.0 Å². The number of aromatic nitrogens is 2. The van der Waals surface area contributed by atoms with Crippen molar-refractivity contribution in [2.24, 2.45) is 0 Å². The van der Waals surface area contributed by atoms with Crippen LogP contribution in [0.1, 0.15) is 5.69 Å². The Morgan fingerprint density at radius 3 is 2.71 bits per heavy atom. The molecule has 0 aliphatic heterocycles. The van der Waals surface area contributed by atoms with E-state index in [-0.39, 0.29) is 0 Å². The average molecular weight is 250 g/mol. The van der Waals surface area contributed by atoms with Crippen LogP contribution in [0.2, 0.25) is 5.02 Å². The maximum Gasteiger partial charge on any atom is 0.135 e. The summed E-state index contributed by atoms with van der Waals surface area (Å²) in [6.07, 6.45) is 1.44. The van der Waals surface area contributed by atoms with Crippen LogP contribution in [-0.4, -0.2) is 17.1 Å². The van der Waals surface area contributed by atoms with E-state index in [2.05, 4.69) is 9.97 Å². The van der Waals surface area contributed by atoms with Crippen molar-refractivity contribution in [3.05, 3.63) is 35.2 Å². The number of halogens is 1. The van der Waals surface area contributed by atoms with Crippen LogP contribution in [0.4, 0.5) is 5.82 Å². The SMILES string of the molecule is COc1ccc(Cl)cc1-c1c(C)ncnc1N. The molecule has 0 fully saturated rings. The standard InChI is InChI=1S/C12H12ClN3O/c1-7-11(12(14)16-6-15-7)9-5-8(13)3-4-10(9)17-2/h3-6H,1-2H3,(H2,14,15,16). The zero-order valence-corrected chi connectivity index (χ0v) is 10.3. The predicted molar refractivity (Wildman–Crippen MR) is 68.2 cm³/mol. The molecule has 0 amide bonds. The molecule has 4 nitrogen and oxygen atoms in total. The summed E-state index contributed by atoms with van der Waals surface area (Å²) in [5.41, 5.74) is 8.23. The Labute approximate surface area is 104 Å². The molecular formula is C12H12ClN3O. The lowest BCUT2D eigenvalue weighted by molar-refractivity contribution is 0.416. The minimum absolute atomic E-state index is 0.415. The van der Waals surface area contributed by atoms with Crippen molar-refractivity contribution < 1.29 is 4.74 Å². The number of anilines is 1. The van der Waals surface area contributed by atoms with Gasteiger partial charge in [0.25, 0.3) is 0 Å². The van der Waals surface area contributed by atoms with Gasteiger partial charge in [-0.2, -0.15) is 0 Å². The van der Waals surface area contributed by atoms with Crippen LogP contribution in [0.3, 0.4) is 0 Å². The second kappa shape index (κ2) is 4.59. The zero-order chi connectivity index (χ0) is 12.4. The first-order chi connectivity index (χ1) is 8.13. The van der Waals surface area contributed by atoms with Crippen LogP contribution < -0.4 is 10.5 Å². The Balaban J connectivity index is 2.71. The van der Waals surface area contributed by atoms with Crippen LogP contribution in [0.25, 0.3) is 11.1 Å². The summed E-state index contributed by atoms with van der Waals surface area (Å²) in [7, 11) is 1.60. The second-order valence-electron chi connectivity index (χ2n) is 3.56. The third-order valence-electron chi connectivity index (χ3n) is 2.50. The van der Waals surface area contributed by atoms with E-state index in [9.17, 15) is 0 Å². The van der Waals surface area contributed by atoms with Crippen LogP contribution >= 0.6 is 11.6 Å². The highest BCUT2D eigenvalue weighted by Gasteiger charge is 2.13. The maximum atomic E-state index is 5.99. The van der Waals surface area contributed by atoms with Crippen molar-refractivity contribution >= 4 is 17.4 Å². The third-order valence-corrected chi connectivity index (χ3v) is 2.73. The molecule has 0 atom stereocenters. The van der Waals surface area contributed by atoms with Gasteiger partial charge in [0.1, 0.15) is 17.9 Å². The molecule has 0 saturated carbocycles. The van der Waals surface area contributed by atoms with Gasteiger partial charge in [-0.3, -0.25) is 0 Å². The molecule has 0 radical (unpaired) electrons. The number of nitrogens with two attached hydrogens (primary N) is 1. The summed E-state index contributed by atoms with van der Waals surface area (Å²) in [6.45, 7) is 1.87. The van der Waals surface area contributed by atoms with Crippen molar-refractivity contribution in [3.63, 3.8) is 0 Å². The summed E-state index contributed by atoms with van der Waals surface area (Å²) in [4.78, 5) is 8.12. The van der Waals surface area contributed by atoms with E-state index in [1.54, 1.807) is 25.3 Å². The molecular weight excluding hydrogens is 238 g/mol. The molecule has 2 aromatic rings. The Hall–Kier alpha value is -1.81. The van der Waals surface area contributed by atoms with Gasteiger partial charge in [-0.25, -0.2) is 9.97 Å². The van der Waals surface area contributed by atoms with Crippen LogP contribution in [-0.2, 0) is 0 Å². The number of rotatable bonds is 2. The minimum atomic E-state index is 0.415. The van der Waals surface area contributed by atoms with E-state index in [4.69, 9.17) is 22.1 Å². The highest BCUT2D eigenvalue weighted by atomic mass is 35.5. The third kappa shape index (κ3) is 2.17. The van der Waals surface area contributed by atoms with E-state index in [1.165, 1.54) is 6.33 Å². The molecule has 0 bridgehead atoms. The van der Waals surface area contributed by atoms with Gasteiger partial charge < -0.3 is 10.5 Å². The molecule has 1 aromatic heterocycles. The van der Waals surface area contributed by atoms with Gasteiger partial charge in [-0.05, 0) is 25.1 Å². The fourth-order valence-electron chi connectivity index (χ4n) is 1.70. The van der Waals surface area contributed by atoms with Crippen molar-refractivity contribution in [3.8, 4) is 16.9 Å². The molecule has 2 N–H and O–H groups in total.